The van der Waals surface area contributed by atoms with Crippen LogP contribution in [0.25, 0.3) is 11.0 Å². The van der Waals surface area contributed by atoms with Gasteiger partial charge in [0, 0.05) is 12.1 Å². The number of ether oxygens (including phenoxy) is 2. The highest BCUT2D eigenvalue weighted by atomic mass is 32.2. The number of fused-ring (bicyclic) bond motifs is 2. The molecule has 0 aliphatic carbocycles. The Balaban J connectivity index is 2.01. The van der Waals surface area contributed by atoms with Gasteiger partial charge in [0.25, 0.3) is 0 Å². The molecule has 0 amide bonds. The van der Waals surface area contributed by atoms with E-state index >= 15 is 0 Å². The van der Waals surface area contributed by atoms with Crippen LogP contribution in [-0.2, 0) is 0 Å². The summed E-state index contributed by atoms with van der Waals surface area (Å²) in [5, 5.41) is 9.26. The molecule has 0 unspecified atom stereocenters. The van der Waals surface area contributed by atoms with Crippen molar-refractivity contribution in [3.8, 4) is 17.6 Å². The van der Waals surface area contributed by atoms with Gasteiger partial charge in [0.2, 0.25) is 0 Å². The average Bonchev–Trinajstić information content (AvgIpc) is 2.75. The Labute approximate surface area is 102 Å². The number of nitrogens with one attached hydrogen (secondary N) is 1. The molecule has 5 nitrogen and oxygen atoms in total. The summed E-state index contributed by atoms with van der Waals surface area (Å²) in [6.07, 6.45) is 0. The van der Waals surface area contributed by atoms with Gasteiger partial charge in [-0.15, -0.1) is 0 Å². The molecule has 0 bridgehead atoms. The highest BCUT2D eigenvalue weighted by molar-refractivity contribution is 7.99. The number of benzene rings is 1. The molecular formula is C11H9N3O2S. The van der Waals surface area contributed by atoms with Crippen molar-refractivity contribution in [2.75, 3.05) is 19.0 Å². The van der Waals surface area contributed by atoms with Gasteiger partial charge in [0.1, 0.15) is 13.2 Å². The molecule has 0 fully saturated rings. The predicted molar refractivity (Wildman–Crippen MR) is 63.4 cm³/mol. The van der Waals surface area contributed by atoms with E-state index in [1.165, 1.54) is 11.8 Å². The van der Waals surface area contributed by atoms with E-state index in [1.807, 2.05) is 12.1 Å². The van der Waals surface area contributed by atoms with Crippen molar-refractivity contribution in [1.82, 2.24) is 9.97 Å². The van der Waals surface area contributed by atoms with E-state index in [1.54, 1.807) is 0 Å². The third kappa shape index (κ3) is 1.89. The number of rotatable bonds is 2. The number of H-pyrrole nitrogens is 1. The molecule has 3 rings (SSSR count). The van der Waals surface area contributed by atoms with Crippen LogP contribution in [0.15, 0.2) is 17.3 Å². The highest BCUT2D eigenvalue weighted by Gasteiger charge is 2.14. The maximum Gasteiger partial charge on any atom is 0.167 e. The van der Waals surface area contributed by atoms with Gasteiger partial charge in [0.05, 0.1) is 22.9 Å². The molecule has 0 saturated heterocycles. The topological polar surface area (TPSA) is 70.9 Å². The quantitative estimate of drug-likeness (QED) is 0.821. The Hall–Kier alpha value is -1.87. The van der Waals surface area contributed by atoms with Crippen molar-refractivity contribution < 1.29 is 9.47 Å². The molecule has 0 spiro atoms. The number of thioether (sulfide) groups is 1. The Bertz CT molecular complexity index is 560. The SMILES string of the molecule is N#CCSc1nc2cc3c(cc2[nH]1)OCCO3. The predicted octanol–water partition coefficient (Wildman–Crippen LogP) is 1.95. The molecular weight excluding hydrogens is 238 g/mol. The van der Waals surface area contributed by atoms with Crippen LogP contribution in [0.2, 0.25) is 0 Å². The van der Waals surface area contributed by atoms with E-state index in [0.29, 0.717) is 19.0 Å². The van der Waals surface area contributed by atoms with Crippen molar-refractivity contribution in [3.05, 3.63) is 12.1 Å². The second kappa shape index (κ2) is 4.18. The van der Waals surface area contributed by atoms with Gasteiger partial charge in [-0.2, -0.15) is 5.26 Å². The maximum atomic E-state index is 8.52. The van der Waals surface area contributed by atoms with E-state index in [4.69, 9.17) is 14.7 Å². The molecule has 17 heavy (non-hydrogen) atoms. The fraction of sp³-hybridized carbons (Fsp3) is 0.273. The third-order valence-corrected chi connectivity index (χ3v) is 3.14. The van der Waals surface area contributed by atoms with E-state index in [2.05, 4.69) is 16.0 Å². The van der Waals surface area contributed by atoms with Crippen LogP contribution in [0.4, 0.5) is 0 Å². The number of imidazole rings is 1. The smallest absolute Gasteiger partial charge is 0.167 e. The Morgan fingerprint density at radius 3 is 2.88 bits per heavy atom. The number of hydrogen-bond donors (Lipinski definition) is 1. The van der Waals surface area contributed by atoms with Crippen LogP contribution < -0.4 is 9.47 Å². The zero-order valence-electron chi connectivity index (χ0n) is 8.90. The lowest BCUT2D eigenvalue weighted by Gasteiger charge is -2.17. The monoisotopic (exact) mass is 247 g/mol. The first-order chi connectivity index (χ1) is 8.36. The lowest BCUT2D eigenvalue weighted by Crippen LogP contribution is -2.15. The van der Waals surface area contributed by atoms with Crippen LogP contribution in [-0.4, -0.2) is 28.9 Å². The van der Waals surface area contributed by atoms with Gasteiger partial charge in [-0.25, -0.2) is 4.98 Å². The van der Waals surface area contributed by atoms with E-state index in [-0.39, 0.29) is 0 Å². The minimum atomic E-state index is 0.381. The molecule has 1 N–H and O–H groups in total. The summed E-state index contributed by atoms with van der Waals surface area (Å²) in [6.45, 7) is 1.14. The van der Waals surface area contributed by atoms with Crippen molar-refractivity contribution >= 4 is 22.8 Å². The van der Waals surface area contributed by atoms with E-state index in [9.17, 15) is 0 Å². The zero-order valence-corrected chi connectivity index (χ0v) is 9.71. The number of aromatic nitrogens is 2. The highest BCUT2D eigenvalue weighted by Crippen LogP contribution is 2.34. The Morgan fingerprint density at radius 2 is 2.12 bits per heavy atom. The summed E-state index contributed by atoms with van der Waals surface area (Å²) in [7, 11) is 0. The standard InChI is InChI=1S/C11H9N3O2S/c12-1-4-17-11-13-7-5-9-10(6-8(7)14-11)16-3-2-15-9/h5-6H,2-4H2,(H,13,14). The Morgan fingerprint density at radius 1 is 1.35 bits per heavy atom. The summed E-state index contributed by atoms with van der Waals surface area (Å²) >= 11 is 1.38. The fourth-order valence-corrected chi connectivity index (χ4v) is 2.24. The second-order valence-corrected chi connectivity index (χ2v) is 4.47. The molecule has 1 aliphatic rings. The Kier molecular flexibility index (Phi) is 2.53. The largest absolute Gasteiger partial charge is 0.486 e. The first kappa shape index (κ1) is 10.3. The molecule has 1 aromatic carbocycles. The molecule has 2 aromatic rings. The van der Waals surface area contributed by atoms with Gasteiger partial charge < -0.3 is 14.5 Å². The molecule has 6 heteroatoms. The molecule has 0 radical (unpaired) electrons. The van der Waals surface area contributed by atoms with Gasteiger partial charge in [0.15, 0.2) is 16.7 Å². The summed E-state index contributed by atoms with van der Waals surface area (Å²) < 4.78 is 11.0. The van der Waals surface area contributed by atoms with Gasteiger partial charge >= 0.3 is 0 Å². The lowest BCUT2D eigenvalue weighted by atomic mass is 10.2. The normalized spacial score (nSPS) is 13.6. The van der Waals surface area contributed by atoms with Gasteiger partial charge in [-0.05, 0) is 0 Å². The van der Waals surface area contributed by atoms with Crippen molar-refractivity contribution in [1.29, 1.82) is 5.26 Å². The second-order valence-electron chi connectivity index (χ2n) is 3.50. The first-order valence-electron chi connectivity index (χ1n) is 5.16. The third-order valence-electron chi connectivity index (χ3n) is 2.40. The molecule has 0 atom stereocenters. The van der Waals surface area contributed by atoms with Crippen LogP contribution in [0.3, 0.4) is 0 Å². The number of aromatic amines is 1. The average molecular weight is 247 g/mol. The van der Waals surface area contributed by atoms with Crippen LogP contribution in [0, 0.1) is 11.3 Å². The summed E-state index contributed by atoms with van der Waals surface area (Å²) in [5.41, 5.74) is 1.73. The summed E-state index contributed by atoms with van der Waals surface area (Å²) in [5.74, 6) is 1.85. The lowest BCUT2D eigenvalue weighted by molar-refractivity contribution is 0.172. The molecule has 86 valence electrons. The number of hydrogen-bond acceptors (Lipinski definition) is 5. The van der Waals surface area contributed by atoms with Crippen LogP contribution in [0.1, 0.15) is 0 Å². The summed E-state index contributed by atoms with van der Waals surface area (Å²) in [6, 6.07) is 5.81. The van der Waals surface area contributed by atoms with Gasteiger partial charge in [-0.1, -0.05) is 11.8 Å². The fourth-order valence-electron chi connectivity index (χ4n) is 1.69. The molecule has 1 aliphatic heterocycles. The van der Waals surface area contributed by atoms with E-state index < -0.39 is 0 Å². The number of nitriles is 1. The van der Waals surface area contributed by atoms with E-state index in [0.717, 1.165) is 27.7 Å². The summed E-state index contributed by atoms with van der Waals surface area (Å²) in [4.78, 5) is 7.52. The number of nitrogens with zero attached hydrogens (tertiary/aromatic N) is 2. The molecule has 1 aromatic heterocycles. The van der Waals surface area contributed by atoms with Crippen molar-refractivity contribution in [3.63, 3.8) is 0 Å². The van der Waals surface area contributed by atoms with Crippen LogP contribution >= 0.6 is 11.8 Å². The molecule has 2 heterocycles. The minimum Gasteiger partial charge on any atom is -0.486 e. The van der Waals surface area contributed by atoms with Crippen molar-refractivity contribution in [2.45, 2.75) is 5.16 Å². The molecule has 0 saturated carbocycles. The minimum absolute atomic E-state index is 0.381. The maximum absolute atomic E-state index is 8.52. The van der Waals surface area contributed by atoms with Gasteiger partial charge in [-0.3, -0.25) is 0 Å². The van der Waals surface area contributed by atoms with Crippen molar-refractivity contribution in [2.24, 2.45) is 0 Å². The van der Waals surface area contributed by atoms with Crippen LogP contribution in [0.5, 0.6) is 11.5 Å². The first-order valence-corrected chi connectivity index (χ1v) is 6.14. The zero-order chi connectivity index (χ0) is 11.7.